The van der Waals surface area contributed by atoms with E-state index in [9.17, 15) is 33.6 Å². The van der Waals surface area contributed by atoms with Crippen molar-refractivity contribution in [1.29, 1.82) is 0 Å². The third-order valence-corrected chi connectivity index (χ3v) is 7.74. The molecule has 1 aromatic rings. The van der Waals surface area contributed by atoms with Crippen molar-refractivity contribution in [3.05, 3.63) is 22.2 Å². The van der Waals surface area contributed by atoms with Gasteiger partial charge in [-0.3, -0.25) is 9.09 Å². The lowest BCUT2D eigenvalue weighted by molar-refractivity contribution is -0.0770. The monoisotopic (exact) mass is 521 g/mol. The molecule has 2 heterocycles. The first-order valence-electron chi connectivity index (χ1n) is 8.08. The van der Waals surface area contributed by atoms with E-state index in [0.717, 1.165) is 4.57 Å². The zero-order valence-electron chi connectivity index (χ0n) is 15.9. The van der Waals surface area contributed by atoms with Gasteiger partial charge in [0.05, 0.1) is 6.61 Å². The van der Waals surface area contributed by atoms with Gasteiger partial charge in [-0.1, -0.05) is 5.92 Å². The quantitative estimate of drug-likeness (QED) is 0.145. The van der Waals surface area contributed by atoms with Crippen LogP contribution in [0.5, 0.6) is 0 Å². The van der Waals surface area contributed by atoms with Crippen LogP contribution in [-0.2, 0) is 31.6 Å². The maximum Gasteiger partial charge on any atom is 0.490 e. The third kappa shape index (κ3) is 6.10. The molecule has 1 aromatic heterocycles. The summed E-state index contributed by atoms with van der Waals surface area (Å²) < 4.78 is 51.3. The molecule has 20 heteroatoms. The predicted molar refractivity (Wildman–Crippen MR) is 101 cm³/mol. The lowest BCUT2D eigenvalue weighted by atomic mass is 9.95. The van der Waals surface area contributed by atoms with E-state index in [1.807, 2.05) is 5.92 Å². The molecule has 3 unspecified atom stereocenters. The number of nitrogen functional groups attached to an aromatic ring is 1. The Morgan fingerprint density at radius 2 is 1.88 bits per heavy atom. The number of aromatic nitrogens is 2. The number of phosphoric acid groups is 3. The molecular weight excluding hydrogens is 503 g/mol. The summed E-state index contributed by atoms with van der Waals surface area (Å²) in [5, 5.41) is 21.0. The van der Waals surface area contributed by atoms with Gasteiger partial charge in [0.15, 0.2) is 11.8 Å². The van der Waals surface area contributed by atoms with Gasteiger partial charge in [-0.2, -0.15) is 13.6 Å². The third-order valence-electron chi connectivity index (χ3n) is 3.93. The maximum atomic E-state index is 12.2. The van der Waals surface area contributed by atoms with Crippen LogP contribution in [0.25, 0.3) is 0 Å². The molecule has 0 radical (unpaired) electrons. The average molecular weight is 521 g/mol. The first-order chi connectivity index (χ1) is 14.4. The topological polar surface area (TPSA) is 270 Å². The highest BCUT2D eigenvalue weighted by molar-refractivity contribution is 7.66. The highest BCUT2D eigenvalue weighted by atomic mass is 31.3. The van der Waals surface area contributed by atoms with Crippen molar-refractivity contribution in [2.24, 2.45) is 0 Å². The van der Waals surface area contributed by atoms with E-state index in [1.54, 1.807) is 0 Å². The van der Waals surface area contributed by atoms with E-state index in [4.69, 9.17) is 31.6 Å². The summed E-state index contributed by atoms with van der Waals surface area (Å²) in [6.45, 7) is 0.257. The maximum absolute atomic E-state index is 12.2. The summed E-state index contributed by atoms with van der Waals surface area (Å²) in [6, 6.07) is 1.23. The molecule has 1 aliphatic heterocycles. The molecule has 0 aromatic carbocycles. The molecule has 17 nitrogen and oxygen atoms in total. The summed E-state index contributed by atoms with van der Waals surface area (Å²) in [5.74, 6) is 1.69. The minimum atomic E-state index is -5.77. The second-order valence-electron chi connectivity index (χ2n) is 6.30. The minimum Gasteiger partial charge on any atom is -0.386 e. The van der Waals surface area contributed by atoms with Crippen LogP contribution < -0.4 is 11.4 Å². The van der Waals surface area contributed by atoms with Gasteiger partial charge in [0, 0.05) is 5.69 Å². The summed E-state index contributed by atoms with van der Waals surface area (Å²) in [6.07, 6.45) is -0.241. The van der Waals surface area contributed by atoms with Gasteiger partial charge >= 0.3 is 29.2 Å². The molecule has 0 amide bonds. The van der Waals surface area contributed by atoms with Crippen molar-refractivity contribution in [3.63, 3.8) is 0 Å². The molecule has 180 valence electrons. The largest absolute Gasteiger partial charge is 0.490 e. The fraction of sp³-hybridized carbons (Fsp3) is 0.500. The Morgan fingerprint density at radius 3 is 2.38 bits per heavy atom. The highest BCUT2D eigenvalue weighted by Crippen LogP contribution is 2.66. The lowest BCUT2D eigenvalue weighted by Crippen LogP contribution is -2.48. The highest BCUT2D eigenvalue weighted by Gasteiger charge is 2.57. The Kier molecular flexibility index (Phi) is 7.58. The van der Waals surface area contributed by atoms with Crippen molar-refractivity contribution < 1.29 is 61.4 Å². The Morgan fingerprint density at radius 1 is 1.28 bits per heavy atom. The van der Waals surface area contributed by atoms with Gasteiger partial charge in [0.2, 0.25) is 0 Å². The molecule has 1 saturated heterocycles. The van der Waals surface area contributed by atoms with Crippen LogP contribution in [0.4, 0.5) is 5.82 Å². The molecule has 0 bridgehead atoms. The summed E-state index contributed by atoms with van der Waals surface area (Å²) in [4.78, 5) is 51.3. The van der Waals surface area contributed by atoms with Gasteiger partial charge in [-0.25, -0.2) is 18.5 Å². The smallest absolute Gasteiger partial charge is 0.386 e. The van der Waals surface area contributed by atoms with Crippen LogP contribution >= 0.6 is 23.5 Å². The van der Waals surface area contributed by atoms with Crippen LogP contribution in [0.3, 0.4) is 0 Å². The van der Waals surface area contributed by atoms with Crippen LogP contribution in [0.1, 0.15) is 11.9 Å². The average Bonchev–Trinajstić information content (AvgIpc) is 2.81. The molecule has 8 N–H and O–H groups in total. The molecule has 2 rings (SSSR count). The number of hydrogen-bond acceptors (Lipinski definition) is 12. The van der Waals surface area contributed by atoms with Gasteiger partial charge in [-0.15, -0.1) is 6.42 Å². The Hall–Kier alpha value is -1.47. The number of ether oxygens (including phenoxy) is 1. The fourth-order valence-electron chi connectivity index (χ4n) is 2.71. The molecule has 0 aliphatic carbocycles. The number of hydrogen-bond donors (Lipinski definition) is 7. The van der Waals surface area contributed by atoms with Gasteiger partial charge in [0.1, 0.15) is 18.0 Å². The summed E-state index contributed by atoms with van der Waals surface area (Å²) >= 11 is 0. The van der Waals surface area contributed by atoms with Gasteiger partial charge in [0.25, 0.3) is 0 Å². The number of phosphoric ester groups is 1. The second-order valence-corrected chi connectivity index (χ2v) is 10.7. The Labute approximate surface area is 178 Å². The van der Waals surface area contributed by atoms with Crippen LogP contribution in [0.2, 0.25) is 0 Å². The molecule has 0 spiro atoms. The van der Waals surface area contributed by atoms with E-state index in [-0.39, 0.29) is 11.5 Å². The summed E-state index contributed by atoms with van der Waals surface area (Å²) in [7, 11) is -16.9. The molecule has 0 saturated carbocycles. The zero-order chi connectivity index (χ0) is 24.7. The second kappa shape index (κ2) is 9.05. The Bertz CT molecular complexity index is 1130. The number of aliphatic hydroxyl groups is 2. The van der Waals surface area contributed by atoms with E-state index in [2.05, 4.69) is 18.1 Å². The Balaban J connectivity index is 2.23. The minimum absolute atomic E-state index is 0.113. The van der Waals surface area contributed by atoms with Gasteiger partial charge in [-0.05, 0) is 13.0 Å². The number of terminal acetylenes is 1. The van der Waals surface area contributed by atoms with Crippen molar-refractivity contribution in [3.8, 4) is 12.3 Å². The van der Waals surface area contributed by atoms with Crippen molar-refractivity contribution >= 4 is 29.3 Å². The van der Waals surface area contributed by atoms with Crippen LogP contribution in [0, 0.1) is 19.3 Å². The first kappa shape index (κ1) is 26.8. The predicted octanol–water partition coefficient (Wildman–Crippen LogP) is -1.90. The van der Waals surface area contributed by atoms with Crippen molar-refractivity contribution in [2.45, 2.75) is 31.0 Å². The normalized spacial score (nSPS) is 29.8. The fourth-order valence-corrected chi connectivity index (χ4v) is 5.74. The summed E-state index contributed by atoms with van der Waals surface area (Å²) in [5.41, 5.74) is 1.98. The standard InChI is InChI=1S/C12H18N3O14P3/c1-3-12(18)9(16)7(27-10(12)15-6(2)4-8(13)14-11(15)17)5-26-31(22,23)29-32(24,25)28-30(19,20)21/h1,4,7,9-10,16,18H,5H2,2H3,(H,22,23)(H,24,25)(H2,13,14,17)(H2,19,20,21)/t7-,9+,10-,12?/m1/s1. The van der Waals surface area contributed by atoms with Crippen LogP contribution in [-0.4, -0.2) is 63.8 Å². The van der Waals surface area contributed by atoms with Crippen molar-refractivity contribution in [1.82, 2.24) is 9.55 Å². The number of nitrogens with zero attached hydrogens (tertiary/aromatic N) is 2. The zero-order valence-corrected chi connectivity index (χ0v) is 18.5. The molecule has 1 aliphatic rings. The number of nitrogens with two attached hydrogens (primary N) is 1. The van der Waals surface area contributed by atoms with Crippen LogP contribution in [0.15, 0.2) is 10.9 Å². The van der Waals surface area contributed by atoms with E-state index < -0.39 is 59.8 Å². The number of aliphatic hydroxyl groups excluding tert-OH is 1. The lowest BCUT2D eigenvalue weighted by Gasteiger charge is -2.27. The van der Waals surface area contributed by atoms with E-state index >= 15 is 0 Å². The molecular formula is C12H18N3O14P3. The molecule has 1 fully saturated rings. The van der Waals surface area contributed by atoms with E-state index in [1.165, 1.54) is 13.0 Å². The van der Waals surface area contributed by atoms with Crippen molar-refractivity contribution in [2.75, 3.05) is 12.3 Å². The SMILES string of the molecule is C#CC1(O)[C@@H](O)[C@@H](COP(=O)(O)OP(=O)(O)OP(=O)(O)O)O[C@H]1n1c(C)cc(N)nc1=O. The number of rotatable bonds is 8. The molecule has 32 heavy (non-hydrogen) atoms. The first-order valence-corrected chi connectivity index (χ1v) is 12.6. The molecule has 6 atom stereocenters. The number of anilines is 1. The van der Waals surface area contributed by atoms with E-state index in [0.29, 0.717) is 0 Å². The van der Waals surface area contributed by atoms with Gasteiger partial charge < -0.3 is 40.3 Å². The number of aryl methyl sites for hydroxylation is 1.